The summed E-state index contributed by atoms with van der Waals surface area (Å²) in [5.74, 6) is 0.942. The van der Waals surface area contributed by atoms with E-state index in [2.05, 4.69) is 43.4 Å². The molecule has 2 aliphatic rings. The van der Waals surface area contributed by atoms with Gasteiger partial charge in [0.25, 0.3) is 0 Å². The van der Waals surface area contributed by atoms with Crippen LogP contribution in [-0.2, 0) is 4.79 Å². The lowest BCUT2D eigenvalue weighted by atomic mass is 10.1. The number of amides is 1. The van der Waals surface area contributed by atoms with Crippen molar-refractivity contribution in [1.29, 1.82) is 0 Å². The Morgan fingerprint density at radius 1 is 1.19 bits per heavy atom. The number of carbonyl (C=O) groups is 1. The Hall–Kier alpha value is -1.76. The summed E-state index contributed by atoms with van der Waals surface area (Å²) in [6.07, 6.45) is 7.44. The van der Waals surface area contributed by atoms with E-state index in [0.29, 0.717) is 25.0 Å². The van der Waals surface area contributed by atoms with E-state index < -0.39 is 0 Å². The predicted molar refractivity (Wildman–Crippen MR) is 109 cm³/mol. The molecule has 1 saturated heterocycles. The van der Waals surface area contributed by atoms with Gasteiger partial charge in [0, 0.05) is 45.2 Å². The SMILES string of the molecule is CN=C(NCCC(=O)NC1CCCC1)NC1CCN(c2cccs2)CC1. The molecule has 3 rings (SSSR count). The molecule has 0 radical (unpaired) electrons. The average molecular weight is 378 g/mol. The highest BCUT2D eigenvalue weighted by atomic mass is 32.1. The molecule has 144 valence electrons. The minimum atomic E-state index is 0.143. The lowest BCUT2D eigenvalue weighted by molar-refractivity contribution is -0.121. The third-order valence-electron chi connectivity index (χ3n) is 5.24. The van der Waals surface area contributed by atoms with Gasteiger partial charge in [-0.2, -0.15) is 0 Å². The maximum Gasteiger partial charge on any atom is 0.221 e. The van der Waals surface area contributed by atoms with Crippen molar-refractivity contribution in [2.75, 3.05) is 31.6 Å². The molecule has 3 N–H and O–H groups in total. The summed E-state index contributed by atoms with van der Waals surface area (Å²) in [6, 6.07) is 5.13. The van der Waals surface area contributed by atoms with E-state index in [4.69, 9.17) is 0 Å². The number of hydrogen-bond acceptors (Lipinski definition) is 4. The Morgan fingerprint density at radius 3 is 2.58 bits per heavy atom. The average Bonchev–Trinajstić information content (AvgIpc) is 3.35. The van der Waals surface area contributed by atoms with E-state index in [-0.39, 0.29) is 5.91 Å². The molecule has 0 spiro atoms. The standard InChI is InChI=1S/C19H31N5OS/c1-20-19(21-11-8-17(25)22-15-5-2-3-6-15)23-16-9-12-24(13-10-16)18-7-4-14-26-18/h4,7,14-16H,2-3,5-6,8-13H2,1H3,(H,22,25)(H2,20,21,23). The van der Waals surface area contributed by atoms with Gasteiger partial charge >= 0.3 is 0 Å². The van der Waals surface area contributed by atoms with Gasteiger partial charge in [0.2, 0.25) is 5.91 Å². The summed E-state index contributed by atoms with van der Waals surface area (Å²) in [5, 5.41) is 13.4. The number of rotatable bonds is 6. The predicted octanol–water partition coefficient (Wildman–Crippen LogP) is 2.33. The highest BCUT2D eigenvalue weighted by molar-refractivity contribution is 7.14. The number of nitrogens with one attached hydrogen (secondary N) is 3. The zero-order valence-corrected chi connectivity index (χ0v) is 16.5. The third-order valence-corrected chi connectivity index (χ3v) is 6.17. The van der Waals surface area contributed by atoms with Crippen molar-refractivity contribution in [3.8, 4) is 0 Å². The van der Waals surface area contributed by atoms with E-state index in [1.54, 1.807) is 18.4 Å². The van der Waals surface area contributed by atoms with Crippen molar-refractivity contribution < 1.29 is 4.79 Å². The number of hydrogen-bond donors (Lipinski definition) is 3. The Bertz CT molecular complexity index is 575. The highest BCUT2D eigenvalue weighted by Gasteiger charge is 2.21. The second-order valence-electron chi connectivity index (χ2n) is 7.15. The van der Waals surface area contributed by atoms with Crippen LogP contribution in [0.1, 0.15) is 44.9 Å². The first-order valence-electron chi connectivity index (χ1n) is 9.79. The van der Waals surface area contributed by atoms with Gasteiger partial charge in [0.1, 0.15) is 0 Å². The van der Waals surface area contributed by atoms with Gasteiger partial charge in [0.05, 0.1) is 5.00 Å². The summed E-state index contributed by atoms with van der Waals surface area (Å²) in [7, 11) is 1.79. The van der Waals surface area contributed by atoms with Gasteiger partial charge in [-0.25, -0.2) is 0 Å². The first-order valence-corrected chi connectivity index (χ1v) is 10.7. The van der Waals surface area contributed by atoms with Crippen LogP contribution in [-0.4, -0.2) is 50.6 Å². The molecule has 1 aromatic heterocycles. The Kier molecular flexibility index (Phi) is 7.17. The molecule has 26 heavy (non-hydrogen) atoms. The molecule has 6 nitrogen and oxygen atoms in total. The summed E-state index contributed by atoms with van der Waals surface area (Å²) >= 11 is 1.81. The molecule has 0 unspecified atom stereocenters. The molecule has 0 atom stereocenters. The fourth-order valence-corrected chi connectivity index (χ4v) is 4.53. The zero-order chi connectivity index (χ0) is 18.2. The molecule has 0 aromatic carbocycles. The molecule has 1 aliphatic heterocycles. The number of nitrogens with zero attached hydrogens (tertiary/aromatic N) is 2. The van der Waals surface area contributed by atoms with Crippen molar-refractivity contribution >= 4 is 28.2 Å². The van der Waals surface area contributed by atoms with E-state index in [1.807, 2.05) is 0 Å². The van der Waals surface area contributed by atoms with E-state index in [9.17, 15) is 4.79 Å². The van der Waals surface area contributed by atoms with Gasteiger partial charge < -0.3 is 20.9 Å². The number of guanidine groups is 1. The molecule has 2 heterocycles. The van der Waals surface area contributed by atoms with Crippen LogP contribution in [0.5, 0.6) is 0 Å². The van der Waals surface area contributed by atoms with Crippen molar-refractivity contribution in [3.05, 3.63) is 17.5 Å². The number of aliphatic imine (C=N–C) groups is 1. The Labute approximate surface area is 160 Å². The lowest BCUT2D eigenvalue weighted by Gasteiger charge is -2.33. The van der Waals surface area contributed by atoms with Crippen molar-refractivity contribution in [2.24, 2.45) is 4.99 Å². The van der Waals surface area contributed by atoms with E-state index >= 15 is 0 Å². The largest absolute Gasteiger partial charge is 0.363 e. The van der Waals surface area contributed by atoms with Crippen LogP contribution in [0.15, 0.2) is 22.5 Å². The maximum atomic E-state index is 12.0. The molecule has 1 aromatic rings. The highest BCUT2D eigenvalue weighted by Crippen LogP contribution is 2.24. The minimum Gasteiger partial charge on any atom is -0.363 e. The number of thiophene rings is 1. The van der Waals surface area contributed by atoms with Gasteiger partial charge in [-0.05, 0) is 43.2 Å². The van der Waals surface area contributed by atoms with Gasteiger partial charge in [-0.3, -0.25) is 9.79 Å². The molecule has 1 saturated carbocycles. The fourth-order valence-electron chi connectivity index (χ4n) is 3.75. The topological polar surface area (TPSA) is 68.8 Å². The van der Waals surface area contributed by atoms with Crippen LogP contribution < -0.4 is 20.9 Å². The zero-order valence-electron chi connectivity index (χ0n) is 15.7. The number of anilines is 1. The Balaban J connectivity index is 1.32. The second-order valence-corrected chi connectivity index (χ2v) is 8.08. The molecule has 1 aliphatic carbocycles. The normalized spacial score (nSPS) is 19.6. The summed E-state index contributed by atoms with van der Waals surface area (Å²) in [6.45, 7) is 2.75. The molecular formula is C19H31N5OS. The minimum absolute atomic E-state index is 0.143. The van der Waals surface area contributed by atoms with Crippen LogP contribution in [0.3, 0.4) is 0 Å². The Morgan fingerprint density at radius 2 is 1.92 bits per heavy atom. The van der Waals surface area contributed by atoms with Crippen molar-refractivity contribution in [3.63, 3.8) is 0 Å². The summed E-state index contributed by atoms with van der Waals surface area (Å²) < 4.78 is 0. The van der Waals surface area contributed by atoms with Crippen LogP contribution in [0, 0.1) is 0 Å². The summed E-state index contributed by atoms with van der Waals surface area (Å²) in [5.41, 5.74) is 0. The van der Waals surface area contributed by atoms with Gasteiger partial charge in [0.15, 0.2) is 5.96 Å². The number of piperidine rings is 1. The first-order chi connectivity index (χ1) is 12.7. The third kappa shape index (κ3) is 5.62. The monoisotopic (exact) mass is 377 g/mol. The van der Waals surface area contributed by atoms with E-state index in [0.717, 1.165) is 44.7 Å². The first kappa shape index (κ1) is 19.0. The molecule has 1 amide bonds. The van der Waals surface area contributed by atoms with Gasteiger partial charge in [-0.1, -0.05) is 12.8 Å². The molecule has 2 fully saturated rings. The lowest BCUT2D eigenvalue weighted by Crippen LogP contribution is -2.49. The molecular weight excluding hydrogens is 346 g/mol. The van der Waals surface area contributed by atoms with E-state index in [1.165, 1.54) is 17.8 Å². The second kappa shape index (κ2) is 9.80. The van der Waals surface area contributed by atoms with Crippen molar-refractivity contribution in [1.82, 2.24) is 16.0 Å². The van der Waals surface area contributed by atoms with Crippen LogP contribution in [0.4, 0.5) is 5.00 Å². The van der Waals surface area contributed by atoms with Gasteiger partial charge in [-0.15, -0.1) is 11.3 Å². The quantitative estimate of drug-likeness (QED) is 0.526. The number of carbonyl (C=O) groups excluding carboxylic acids is 1. The van der Waals surface area contributed by atoms with Crippen LogP contribution >= 0.6 is 11.3 Å². The maximum absolute atomic E-state index is 12.0. The fraction of sp³-hybridized carbons (Fsp3) is 0.684. The van der Waals surface area contributed by atoms with Crippen LogP contribution in [0.2, 0.25) is 0 Å². The molecule has 0 bridgehead atoms. The van der Waals surface area contributed by atoms with Crippen LogP contribution in [0.25, 0.3) is 0 Å². The van der Waals surface area contributed by atoms with Crippen molar-refractivity contribution in [2.45, 2.75) is 57.0 Å². The molecule has 7 heteroatoms. The summed E-state index contributed by atoms with van der Waals surface area (Å²) in [4.78, 5) is 18.7. The smallest absolute Gasteiger partial charge is 0.221 e.